The molecule has 2 atom stereocenters. The van der Waals surface area contributed by atoms with Gasteiger partial charge in [-0.3, -0.25) is 19.2 Å². The molecule has 3 rings (SSSR count). The molecule has 246 valence electrons. The monoisotopic (exact) mass is 624 g/mol. The van der Waals surface area contributed by atoms with E-state index in [4.69, 9.17) is 9.16 Å². The first-order chi connectivity index (χ1) is 20.4. The summed E-state index contributed by atoms with van der Waals surface area (Å²) in [4.78, 5) is 45.1. The molecule has 0 aromatic heterocycles. The van der Waals surface area contributed by atoms with E-state index in [2.05, 4.69) is 29.1 Å². The van der Waals surface area contributed by atoms with Gasteiger partial charge in [-0.2, -0.15) is 0 Å². The maximum absolute atomic E-state index is 11.9. The first-order valence-electron chi connectivity index (χ1n) is 16.0. The maximum Gasteiger partial charge on any atom is 0.305 e. The molecule has 3 aliphatic rings. The molecule has 9 nitrogen and oxygen atoms in total. The molecule has 2 aliphatic carbocycles. The number of hydrogen-bond donors (Lipinski definition) is 1. The van der Waals surface area contributed by atoms with Crippen molar-refractivity contribution in [3.05, 3.63) is 23.3 Å². The van der Waals surface area contributed by atoms with Gasteiger partial charge in [0.15, 0.2) is 19.9 Å². The number of ketones is 2. The van der Waals surface area contributed by atoms with Crippen molar-refractivity contribution in [2.24, 2.45) is 0 Å². The molecule has 1 N–H and O–H groups in total. The quantitative estimate of drug-likeness (QED) is 0.122. The molecule has 0 bridgehead atoms. The fraction of sp³-hybridized carbons (Fsp3) is 0.758. The Bertz CT molecular complexity index is 908. The van der Waals surface area contributed by atoms with E-state index in [1.54, 1.807) is 6.08 Å². The van der Waals surface area contributed by atoms with Crippen LogP contribution < -0.4 is 0 Å². The number of hydrogen-bond acceptors (Lipinski definition) is 9. The molecule has 0 aromatic carbocycles. The molecule has 2 unspecified atom stereocenters. The fourth-order valence-electron chi connectivity index (χ4n) is 4.96. The predicted molar refractivity (Wildman–Crippen MR) is 169 cm³/mol. The molecule has 0 amide bonds. The third kappa shape index (κ3) is 19.7. The average Bonchev–Trinajstić information content (AvgIpc) is 3.70. The van der Waals surface area contributed by atoms with Crippen molar-refractivity contribution >= 4 is 31.8 Å². The minimum atomic E-state index is -1.59. The molecule has 1 saturated heterocycles. The number of rotatable bonds is 16. The number of aliphatic hydroxyl groups is 1. The third-order valence-electron chi connectivity index (χ3n) is 7.22. The highest BCUT2D eigenvalue weighted by molar-refractivity contribution is 6.69. The zero-order valence-corrected chi connectivity index (χ0v) is 28.3. The van der Waals surface area contributed by atoms with Crippen LogP contribution in [0.2, 0.25) is 19.6 Å². The number of carbonyl (C=O) groups is 4. The summed E-state index contributed by atoms with van der Waals surface area (Å²) in [5.74, 6) is 0.0108. The summed E-state index contributed by atoms with van der Waals surface area (Å²) >= 11 is 0. The molecule has 0 saturated carbocycles. The smallest absolute Gasteiger partial charge is 0.305 e. The minimum Gasteiger partial charge on any atom is -0.469 e. The predicted octanol–water partition coefficient (Wildman–Crippen LogP) is 6.18. The molecule has 1 fully saturated rings. The lowest BCUT2D eigenvalue weighted by molar-refractivity contribution is -0.141. The zero-order chi connectivity index (χ0) is 32.1. The maximum atomic E-state index is 11.9. The second kappa shape index (κ2) is 22.4. The summed E-state index contributed by atoms with van der Waals surface area (Å²) in [6.07, 6.45) is 16.6. The van der Waals surface area contributed by atoms with Gasteiger partial charge in [0.1, 0.15) is 0 Å². The van der Waals surface area contributed by atoms with Crippen LogP contribution in [0.4, 0.5) is 0 Å². The van der Waals surface area contributed by atoms with Crippen molar-refractivity contribution in [3.8, 4) is 0 Å². The molecule has 0 aromatic rings. The van der Waals surface area contributed by atoms with Crippen molar-refractivity contribution in [1.82, 2.24) is 0 Å². The lowest BCUT2D eigenvalue weighted by Gasteiger charge is -2.21. The second-order valence-corrected chi connectivity index (χ2v) is 16.7. The van der Waals surface area contributed by atoms with Gasteiger partial charge in [0.2, 0.25) is 0 Å². The number of unbranched alkanes of at least 4 members (excludes halogenated alkanes) is 6. The van der Waals surface area contributed by atoms with E-state index in [-0.39, 0.29) is 36.0 Å². The minimum absolute atomic E-state index is 0.00140. The van der Waals surface area contributed by atoms with Gasteiger partial charge in [-0.15, -0.1) is 0 Å². The Morgan fingerprint density at radius 1 is 0.767 bits per heavy atom. The van der Waals surface area contributed by atoms with Crippen LogP contribution in [0.25, 0.3) is 0 Å². The summed E-state index contributed by atoms with van der Waals surface area (Å²) < 4.78 is 20.1. The molecule has 10 heteroatoms. The van der Waals surface area contributed by atoms with Gasteiger partial charge in [0.05, 0.1) is 26.4 Å². The normalized spacial score (nSPS) is 19.6. The Morgan fingerprint density at radius 2 is 1.23 bits per heavy atom. The summed E-state index contributed by atoms with van der Waals surface area (Å²) in [5.41, 5.74) is 1.71. The molecular weight excluding hydrogens is 568 g/mol. The van der Waals surface area contributed by atoms with E-state index < -0.39 is 14.4 Å². The SMILES string of the molecule is C1CCOC1.COC(=O)CCCCCCC1=CC(O)CC1=O.COC(=O)CCCCCCC1=CC(O[Si](C)(C)C)CC1=O. The van der Waals surface area contributed by atoms with Crippen molar-refractivity contribution < 1.29 is 42.9 Å². The third-order valence-corrected chi connectivity index (χ3v) is 8.23. The Kier molecular flexibility index (Phi) is 20.2. The van der Waals surface area contributed by atoms with Crippen LogP contribution in [0.3, 0.4) is 0 Å². The lowest BCUT2D eigenvalue weighted by atomic mass is 10.0. The zero-order valence-electron chi connectivity index (χ0n) is 27.3. The van der Waals surface area contributed by atoms with E-state index in [1.165, 1.54) is 27.1 Å². The van der Waals surface area contributed by atoms with Crippen molar-refractivity contribution in [2.45, 2.75) is 135 Å². The molecule has 43 heavy (non-hydrogen) atoms. The summed E-state index contributed by atoms with van der Waals surface area (Å²) in [7, 11) is 1.23. The topological polar surface area (TPSA) is 125 Å². The summed E-state index contributed by atoms with van der Waals surface area (Å²) in [6, 6.07) is 0. The Labute approximate surface area is 259 Å². The molecule has 0 spiro atoms. The van der Waals surface area contributed by atoms with Gasteiger partial charge in [-0.25, -0.2) is 0 Å². The van der Waals surface area contributed by atoms with E-state index in [0.717, 1.165) is 88.6 Å². The van der Waals surface area contributed by atoms with Gasteiger partial charge < -0.3 is 23.7 Å². The van der Waals surface area contributed by atoms with Crippen LogP contribution in [0.15, 0.2) is 23.3 Å². The van der Waals surface area contributed by atoms with E-state index in [9.17, 15) is 24.3 Å². The first-order valence-corrected chi connectivity index (χ1v) is 19.4. The number of methoxy groups -OCH3 is 2. The number of allylic oxidation sites excluding steroid dienone is 2. The number of esters is 2. The second-order valence-electron chi connectivity index (χ2n) is 12.3. The standard InChI is InChI=1S/C16H28O4Si.C13H20O4.C4H8O/c1-19-16(18)10-8-6-5-7-9-13-11-14(12-15(13)17)20-21(2,3)4;1-17-13(16)7-5-3-2-4-6-10-8-11(14)9-12(10)15;1-2-4-5-3-1/h11,14H,5-10,12H2,1-4H3;8,11,14H,2-7,9H2,1H3;1-4H2. The van der Waals surface area contributed by atoms with Crippen LogP contribution in [0.1, 0.15) is 103 Å². The van der Waals surface area contributed by atoms with Gasteiger partial charge >= 0.3 is 11.9 Å². The Morgan fingerprint density at radius 3 is 1.63 bits per heavy atom. The first kappa shape index (κ1) is 38.9. The Balaban J connectivity index is 0.000000374. The van der Waals surface area contributed by atoms with Crippen LogP contribution >= 0.6 is 0 Å². The number of ether oxygens (including phenoxy) is 3. The fourth-order valence-corrected chi connectivity index (χ4v) is 6.02. The highest BCUT2D eigenvalue weighted by Crippen LogP contribution is 2.25. The molecule has 1 aliphatic heterocycles. The average molecular weight is 625 g/mol. The molecule has 0 radical (unpaired) electrons. The van der Waals surface area contributed by atoms with Crippen molar-refractivity contribution in [3.63, 3.8) is 0 Å². The van der Waals surface area contributed by atoms with Crippen LogP contribution in [-0.4, -0.2) is 76.6 Å². The molecule has 1 heterocycles. The largest absolute Gasteiger partial charge is 0.469 e. The summed E-state index contributed by atoms with van der Waals surface area (Å²) in [6.45, 7) is 8.43. The van der Waals surface area contributed by atoms with Crippen molar-refractivity contribution in [1.29, 1.82) is 0 Å². The van der Waals surface area contributed by atoms with E-state index in [1.807, 2.05) is 6.08 Å². The van der Waals surface area contributed by atoms with Gasteiger partial charge in [-0.05, 0) is 94.3 Å². The van der Waals surface area contributed by atoms with Gasteiger partial charge in [0, 0.05) is 38.9 Å². The highest BCUT2D eigenvalue weighted by Gasteiger charge is 2.28. The van der Waals surface area contributed by atoms with E-state index in [0.29, 0.717) is 19.3 Å². The van der Waals surface area contributed by atoms with Crippen molar-refractivity contribution in [2.75, 3.05) is 27.4 Å². The number of carbonyl (C=O) groups excluding carboxylic acids is 4. The highest BCUT2D eigenvalue weighted by atomic mass is 28.4. The lowest BCUT2D eigenvalue weighted by Crippen LogP contribution is -2.30. The summed E-state index contributed by atoms with van der Waals surface area (Å²) in [5, 5.41) is 9.25. The molecular formula is C33H56O9Si. The van der Waals surface area contributed by atoms with Gasteiger partial charge in [-0.1, -0.05) is 25.7 Å². The van der Waals surface area contributed by atoms with Crippen LogP contribution in [-0.2, 0) is 37.8 Å². The number of aliphatic hydroxyl groups excluding tert-OH is 1. The van der Waals surface area contributed by atoms with Crippen LogP contribution in [0, 0.1) is 0 Å². The van der Waals surface area contributed by atoms with Crippen LogP contribution in [0.5, 0.6) is 0 Å². The Hall–Kier alpha value is -2.14. The number of Topliss-reactive ketones (excluding diaryl/α,β-unsaturated/α-hetero) is 2. The van der Waals surface area contributed by atoms with Gasteiger partial charge in [0.25, 0.3) is 0 Å². The van der Waals surface area contributed by atoms with E-state index >= 15 is 0 Å².